The molecule has 1 aliphatic rings. The molecule has 2 nitrogen and oxygen atoms in total. The molecule has 2 heteroatoms. The molecule has 2 N–H and O–H groups in total. The summed E-state index contributed by atoms with van der Waals surface area (Å²) in [6.07, 6.45) is 9.47. The van der Waals surface area contributed by atoms with Crippen molar-refractivity contribution in [3.05, 3.63) is 0 Å². The predicted molar refractivity (Wildman–Crippen MR) is 89.9 cm³/mol. The number of hydrogen-bond donors (Lipinski definition) is 1. The maximum absolute atomic E-state index is 5.73. The van der Waals surface area contributed by atoms with Crippen LogP contribution in [0.2, 0.25) is 0 Å². The highest BCUT2D eigenvalue weighted by atomic mass is 15.1. The molecular formula is C18H38N2. The summed E-state index contributed by atoms with van der Waals surface area (Å²) in [5.41, 5.74) is 6.39. The van der Waals surface area contributed by atoms with Crippen LogP contribution in [0.4, 0.5) is 0 Å². The Morgan fingerprint density at radius 1 is 1.05 bits per heavy atom. The standard InChI is InChI=1S/C18H38N2/c1-5-18(6-2)10-14-20(15-11-18)13-7-8-17(9-12-19)16(3)4/h16-17H,5-15,19H2,1-4H3. The lowest BCUT2D eigenvalue weighted by Gasteiger charge is -2.41. The fourth-order valence-electron chi connectivity index (χ4n) is 3.81. The first-order chi connectivity index (χ1) is 9.56. The maximum atomic E-state index is 5.73. The Morgan fingerprint density at radius 2 is 1.65 bits per heavy atom. The zero-order valence-electron chi connectivity index (χ0n) is 14.5. The Bertz CT molecular complexity index is 236. The zero-order valence-corrected chi connectivity index (χ0v) is 14.5. The predicted octanol–water partition coefficient (Wildman–Crippen LogP) is 4.29. The lowest BCUT2D eigenvalue weighted by molar-refractivity contribution is 0.0927. The van der Waals surface area contributed by atoms with Crippen LogP contribution in [0.25, 0.3) is 0 Å². The molecule has 0 aromatic carbocycles. The molecule has 1 aliphatic heterocycles. The first kappa shape index (κ1) is 18.0. The fraction of sp³-hybridized carbons (Fsp3) is 1.00. The van der Waals surface area contributed by atoms with Gasteiger partial charge < -0.3 is 10.6 Å². The van der Waals surface area contributed by atoms with Gasteiger partial charge in [0.05, 0.1) is 0 Å². The highest BCUT2D eigenvalue weighted by molar-refractivity contribution is 4.84. The van der Waals surface area contributed by atoms with E-state index in [1.807, 2.05) is 0 Å². The van der Waals surface area contributed by atoms with Crippen LogP contribution in [0.5, 0.6) is 0 Å². The minimum atomic E-state index is 0.663. The summed E-state index contributed by atoms with van der Waals surface area (Å²) in [6, 6.07) is 0. The van der Waals surface area contributed by atoms with Crippen molar-refractivity contribution in [1.29, 1.82) is 0 Å². The minimum absolute atomic E-state index is 0.663. The van der Waals surface area contributed by atoms with Crippen molar-refractivity contribution in [1.82, 2.24) is 4.90 Å². The van der Waals surface area contributed by atoms with Crippen molar-refractivity contribution in [3.63, 3.8) is 0 Å². The third-order valence-corrected chi connectivity index (χ3v) is 5.95. The Kier molecular flexibility index (Phi) is 8.13. The van der Waals surface area contributed by atoms with Crippen molar-refractivity contribution in [2.75, 3.05) is 26.2 Å². The minimum Gasteiger partial charge on any atom is -0.330 e. The van der Waals surface area contributed by atoms with Crippen molar-refractivity contribution in [2.24, 2.45) is 23.0 Å². The monoisotopic (exact) mass is 282 g/mol. The van der Waals surface area contributed by atoms with Gasteiger partial charge in [-0.1, -0.05) is 40.5 Å². The lowest BCUT2D eigenvalue weighted by Crippen LogP contribution is -2.40. The number of hydrogen-bond acceptors (Lipinski definition) is 2. The molecule has 1 rings (SSSR count). The van der Waals surface area contributed by atoms with Crippen LogP contribution < -0.4 is 5.73 Å². The quantitative estimate of drug-likeness (QED) is 0.683. The van der Waals surface area contributed by atoms with E-state index in [2.05, 4.69) is 32.6 Å². The first-order valence-corrected chi connectivity index (χ1v) is 8.99. The molecule has 1 atom stereocenters. The van der Waals surface area contributed by atoms with E-state index in [9.17, 15) is 0 Å². The maximum Gasteiger partial charge on any atom is -0.00134 e. The lowest BCUT2D eigenvalue weighted by atomic mass is 9.74. The summed E-state index contributed by atoms with van der Waals surface area (Å²) in [5.74, 6) is 1.61. The summed E-state index contributed by atoms with van der Waals surface area (Å²) in [6.45, 7) is 14.2. The zero-order chi connectivity index (χ0) is 15.0. The molecule has 0 radical (unpaired) electrons. The normalized spacial score (nSPS) is 21.3. The van der Waals surface area contributed by atoms with E-state index in [0.29, 0.717) is 5.41 Å². The molecule has 20 heavy (non-hydrogen) atoms. The van der Waals surface area contributed by atoms with E-state index in [-0.39, 0.29) is 0 Å². The highest BCUT2D eigenvalue weighted by Crippen LogP contribution is 2.37. The summed E-state index contributed by atoms with van der Waals surface area (Å²) in [5, 5.41) is 0. The van der Waals surface area contributed by atoms with E-state index in [1.165, 1.54) is 64.6 Å². The number of nitrogens with zero attached hydrogens (tertiary/aromatic N) is 1. The van der Waals surface area contributed by atoms with Crippen molar-refractivity contribution >= 4 is 0 Å². The molecule has 1 unspecified atom stereocenters. The average molecular weight is 283 g/mol. The molecule has 0 amide bonds. The Labute approximate surface area is 127 Å². The van der Waals surface area contributed by atoms with Gasteiger partial charge in [0.25, 0.3) is 0 Å². The number of rotatable bonds is 9. The molecule has 0 spiro atoms. The molecule has 1 heterocycles. The second-order valence-electron chi connectivity index (χ2n) is 7.27. The van der Waals surface area contributed by atoms with Gasteiger partial charge in [-0.15, -0.1) is 0 Å². The Balaban J connectivity index is 2.24. The van der Waals surface area contributed by atoms with Crippen molar-refractivity contribution in [2.45, 2.75) is 72.6 Å². The molecule has 0 aliphatic carbocycles. The third-order valence-electron chi connectivity index (χ3n) is 5.95. The van der Waals surface area contributed by atoms with E-state index in [4.69, 9.17) is 5.73 Å². The smallest absolute Gasteiger partial charge is 0.00134 e. The van der Waals surface area contributed by atoms with Gasteiger partial charge in [-0.2, -0.15) is 0 Å². The molecule has 0 aromatic heterocycles. The van der Waals surface area contributed by atoms with Crippen LogP contribution in [-0.2, 0) is 0 Å². The van der Waals surface area contributed by atoms with Crippen LogP contribution in [0.3, 0.4) is 0 Å². The van der Waals surface area contributed by atoms with E-state index in [1.54, 1.807) is 0 Å². The third kappa shape index (κ3) is 5.37. The van der Waals surface area contributed by atoms with Gasteiger partial charge in [0.1, 0.15) is 0 Å². The van der Waals surface area contributed by atoms with Gasteiger partial charge in [0.2, 0.25) is 0 Å². The van der Waals surface area contributed by atoms with Crippen LogP contribution in [0.15, 0.2) is 0 Å². The van der Waals surface area contributed by atoms with Gasteiger partial charge in [0.15, 0.2) is 0 Å². The SMILES string of the molecule is CCC1(CC)CCN(CCCC(CCN)C(C)C)CC1. The average Bonchev–Trinajstić information content (AvgIpc) is 2.47. The summed E-state index contributed by atoms with van der Waals surface area (Å²) >= 11 is 0. The van der Waals surface area contributed by atoms with Crippen LogP contribution >= 0.6 is 0 Å². The highest BCUT2D eigenvalue weighted by Gasteiger charge is 2.30. The summed E-state index contributed by atoms with van der Waals surface area (Å²) in [7, 11) is 0. The molecule has 1 saturated heterocycles. The molecule has 0 bridgehead atoms. The number of likely N-dealkylation sites (tertiary alicyclic amines) is 1. The van der Waals surface area contributed by atoms with E-state index >= 15 is 0 Å². The topological polar surface area (TPSA) is 29.3 Å². The van der Waals surface area contributed by atoms with E-state index < -0.39 is 0 Å². The van der Waals surface area contributed by atoms with Gasteiger partial charge >= 0.3 is 0 Å². The molecule has 120 valence electrons. The molecule has 0 saturated carbocycles. The van der Waals surface area contributed by atoms with Gasteiger partial charge in [-0.3, -0.25) is 0 Å². The van der Waals surface area contributed by atoms with Crippen LogP contribution in [-0.4, -0.2) is 31.1 Å². The molecule has 1 fully saturated rings. The first-order valence-electron chi connectivity index (χ1n) is 8.99. The Hall–Kier alpha value is -0.0800. The van der Waals surface area contributed by atoms with Crippen molar-refractivity contribution < 1.29 is 0 Å². The Morgan fingerprint density at radius 3 is 2.10 bits per heavy atom. The van der Waals surface area contributed by atoms with E-state index in [0.717, 1.165) is 18.4 Å². The summed E-state index contributed by atoms with van der Waals surface area (Å²) < 4.78 is 0. The molecule has 0 aromatic rings. The number of piperidine rings is 1. The van der Waals surface area contributed by atoms with Crippen molar-refractivity contribution in [3.8, 4) is 0 Å². The second-order valence-corrected chi connectivity index (χ2v) is 7.27. The molecular weight excluding hydrogens is 244 g/mol. The van der Waals surface area contributed by atoms with Gasteiger partial charge in [-0.25, -0.2) is 0 Å². The summed E-state index contributed by atoms with van der Waals surface area (Å²) in [4.78, 5) is 2.70. The van der Waals surface area contributed by atoms with Crippen LogP contribution in [0.1, 0.15) is 72.6 Å². The largest absolute Gasteiger partial charge is 0.330 e. The van der Waals surface area contributed by atoms with Gasteiger partial charge in [0, 0.05) is 0 Å². The fourth-order valence-corrected chi connectivity index (χ4v) is 3.81. The second kappa shape index (κ2) is 9.04. The number of nitrogens with two attached hydrogens (primary N) is 1. The van der Waals surface area contributed by atoms with Gasteiger partial charge in [-0.05, 0) is 75.5 Å². The van der Waals surface area contributed by atoms with Crippen LogP contribution in [0, 0.1) is 17.3 Å².